The Morgan fingerprint density at radius 1 is 1.12 bits per heavy atom. The van der Waals surface area contributed by atoms with Crippen LogP contribution in [0.15, 0.2) is 40.8 Å². The van der Waals surface area contributed by atoms with E-state index >= 15 is 0 Å². The van der Waals surface area contributed by atoms with Crippen LogP contribution in [0.1, 0.15) is 45.7 Å². The molecule has 0 fully saturated rings. The van der Waals surface area contributed by atoms with E-state index in [0.717, 1.165) is 27.7 Å². The van der Waals surface area contributed by atoms with E-state index in [0.29, 0.717) is 12.3 Å². The predicted octanol–water partition coefficient (Wildman–Crippen LogP) is 5.03. The SMILES string of the molecule is Cc1cc2oc(C(=O)NCC(C)c3ccc(F)cc3)c(C)c2cc1C. The highest BCUT2D eigenvalue weighted by molar-refractivity contribution is 5.99. The van der Waals surface area contributed by atoms with E-state index in [1.54, 1.807) is 12.1 Å². The maximum atomic E-state index is 13.0. The van der Waals surface area contributed by atoms with Gasteiger partial charge in [-0.1, -0.05) is 19.1 Å². The smallest absolute Gasteiger partial charge is 0.287 e. The number of rotatable bonds is 4. The monoisotopic (exact) mass is 339 g/mol. The Morgan fingerprint density at radius 2 is 1.76 bits per heavy atom. The van der Waals surface area contributed by atoms with E-state index in [-0.39, 0.29) is 17.6 Å². The van der Waals surface area contributed by atoms with Crippen molar-refractivity contribution in [2.24, 2.45) is 0 Å². The van der Waals surface area contributed by atoms with Gasteiger partial charge in [0.2, 0.25) is 0 Å². The molecule has 130 valence electrons. The fraction of sp³-hybridized carbons (Fsp3) is 0.286. The first kappa shape index (κ1) is 17.2. The second-order valence-electron chi connectivity index (χ2n) is 6.65. The molecule has 25 heavy (non-hydrogen) atoms. The van der Waals surface area contributed by atoms with Crippen LogP contribution < -0.4 is 5.32 Å². The molecule has 1 heterocycles. The molecule has 3 rings (SSSR count). The van der Waals surface area contributed by atoms with Crippen molar-refractivity contribution in [3.63, 3.8) is 0 Å². The van der Waals surface area contributed by atoms with Crippen molar-refractivity contribution in [1.29, 1.82) is 0 Å². The number of benzene rings is 2. The first-order valence-corrected chi connectivity index (χ1v) is 8.41. The molecule has 1 N–H and O–H groups in total. The lowest BCUT2D eigenvalue weighted by Crippen LogP contribution is -2.27. The Bertz CT molecular complexity index is 925. The van der Waals surface area contributed by atoms with Crippen LogP contribution in [0.25, 0.3) is 11.0 Å². The van der Waals surface area contributed by atoms with Gasteiger partial charge in [-0.05, 0) is 67.6 Å². The average Bonchev–Trinajstić information content (AvgIpc) is 2.90. The Labute approximate surface area is 146 Å². The summed E-state index contributed by atoms with van der Waals surface area (Å²) in [6, 6.07) is 10.4. The summed E-state index contributed by atoms with van der Waals surface area (Å²) < 4.78 is 18.8. The third-order valence-corrected chi connectivity index (χ3v) is 4.77. The zero-order chi connectivity index (χ0) is 18.1. The normalized spacial score (nSPS) is 12.4. The molecule has 4 heteroatoms. The van der Waals surface area contributed by atoms with Gasteiger partial charge in [-0.25, -0.2) is 4.39 Å². The maximum Gasteiger partial charge on any atom is 0.287 e. The van der Waals surface area contributed by atoms with Crippen LogP contribution in [0.3, 0.4) is 0 Å². The van der Waals surface area contributed by atoms with Gasteiger partial charge in [-0.3, -0.25) is 4.79 Å². The first-order valence-electron chi connectivity index (χ1n) is 8.41. The van der Waals surface area contributed by atoms with Crippen LogP contribution in [0.4, 0.5) is 4.39 Å². The Hall–Kier alpha value is -2.62. The minimum absolute atomic E-state index is 0.0822. The first-order chi connectivity index (χ1) is 11.9. The fourth-order valence-electron chi connectivity index (χ4n) is 2.93. The minimum Gasteiger partial charge on any atom is -0.451 e. The third kappa shape index (κ3) is 3.43. The molecule has 1 amide bonds. The number of fused-ring (bicyclic) bond motifs is 1. The second kappa shape index (κ2) is 6.71. The lowest BCUT2D eigenvalue weighted by molar-refractivity contribution is 0.0925. The highest BCUT2D eigenvalue weighted by Crippen LogP contribution is 2.28. The molecule has 0 bridgehead atoms. The molecule has 0 aliphatic heterocycles. The van der Waals surface area contributed by atoms with Crippen molar-refractivity contribution < 1.29 is 13.6 Å². The number of nitrogens with one attached hydrogen (secondary N) is 1. The van der Waals surface area contributed by atoms with Crippen molar-refractivity contribution in [3.8, 4) is 0 Å². The number of furan rings is 1. The van der Waals surface area contributed by atoms with Gasteiger partial charge < -0.3 is 9.73 Å². The molecule has 0 aliphatic carbocycles. The number of aryl methyl sites for hydroxylation is 3. The number of halogens is 1. The second-order valence-corrected chi connectivity index (χ2v) is 6.65. The summed E-state index contributed by atoms with van der Waals surface area (Å²) in [5, 5.41) is 3.89. The van der Waals surface area contributed by atoms with Crippen molar-refractivity contribution in [2.45, 2.75) is 33.6 Å². The van der Waals surface area contributed by atoms with Crippen LogP contribution in [0, 0.1) is 26.6 Å². The average molecular weight is 339 g/mol. The van der Waals surface area contributed by atoms with Gasteiger partial charge >= 0.3 is 0 Å². The molecular formula is C21H22FNO2. The Balaban J connectivity index is 1.76. The number of carbonyl (C=O) groups is 1. The van der Waals surface area contributed by atoms with Crippen molar-refractivity contribution in [1.82, 2.24) is 5.32 Å². The molecule has 0 spiro atoms. The summed E-state index contributed by atoms with van der Waals surface area (Å²) in [5.74, 6) is -0.0496. The number of carbonyl (C=O) groups excluding carboxylic acids is 1. The quantitative estimate of drug-likeness (QED) is 0.724. The minimum atomic E-state index is -0.261. The number of amides is 1. The van der Waals surface area contributed by atoms with E-state index in [9.17, 15) is 9.18 Å². The molecule has 1 atom stereocenters. The summed E-state index contributed by atoms with van der Waals surface area (Å²) >= 11 is 0. The fourth-order valence-corrected chi connectivity index (χ4v) is 2.93. The van der Waals surface area contributed by atoms with Gasteiger partial charge in [0.05, 0.1) is 0 Å². The molecular weight excluding hydrogens is 317 g/mol. The highest BCUT2D eigenvalue weighted by atomic mass is 19.1. The van der Waals surface area contributed by atoms with E-state index < -0.39 is 0 Å². The molecule has 2 aromatic carbocycles. The van der Waals surface area contributed by atoms with Crippen LogP contribution >= 0.6 is 0 Å². The molecule has 0 saturated heterocycles. The number of hydrogen-bond donors (Lipinski definition) is 1. The topological polar surface area (TPSA) is 42.2 Å². The lowest BCUT2D eigenvalue weighted by Gasteiger charge is -2.12. The van der Waals surface area contributed by atoms with Crippen LogP contribution in [0.2, 0.25) is 0 Å². The van der Waals surface area contributed by atoms with Gasteiger partial charge in [0.15, 0.2) is 5.76 Å². The van der Waals surface area contributed by atoms with Gasteiger partial charge in [-0.2, -0.15) is 0 Å². The zero-order valence-corrected chi connectivity index (χ0v) is 14.9. The van der Waals surface area contributed by atoms with Crippen LogP contribution in [-0.4, -0.2) is 12.5 Å². The van der Waals surface area contributed by atoms with E-state index in [1.165, 1.54) is 17.7 Å². The molecule has 0 radical (unpaired) electrons. The third-order valence-electron chi connectivity index (χ3n) is 4.77. The molecule has 1 unspecified atom stereocenters. The Kier molecular flexibility index (Phi) is 4.62. The van der Waals surface area contributed by atoms with E-state index in [1.807, 2.05) is 33.8 Å². The summed E-state index contributed by atoms with van der Waals surface area (Å²) in [4.78, 5) is 12.5. The molecule has 3 aromatic rings. The summed E-state index contributed by atoms with van der Waals surface area (Å²) in [7, 11) is 0. The summed E-state index contributed by atoms with van der Waals surface area (Å²) in [6.45, 7) is 8.42. The summed E-state index contributed by atoms with van der Waals surface area (Å²) in [5.41, 5.74) is 4.88. The zero-order valence-electron chi connectivity index (χ0n) is 14.9. The van der Waals surface area contributed by atoms with Gasteiger partial charge in [-0.15, -0.1) is 0 Å². The summed E-state index contributed by atoms with van der Waals surface area (Å²) in [6.07, 6.45) is 0. The van der Waals surface area contributed by atoms with Gasteiger partial charge in [0, 0.05) is 17.5 Å². The molecule has 0 aliphatic rings. The molecule has 1 aromatic heterocycles. The Morgan fingerprint density at radius 3 is 2.44 bits per heavy atom. The van der Waals surface area contributed by atoms with Gasteiger partial charge in [0.25, 0.3) is 5.91 Å². The largest absolute Gasteiger partial charge is 0.451 e. The standard InChI is InChI=1S/C21H22FNO2/c1-12-9-18-15(4)20(25-19(18)10-13(12)2)21(24)23-11-14(3)16-5-7-17(22)8-6-16/h5-10,14H,11H2,1-4H3,(H,23,24). The van der Waals surface area contributed by atoms with Crippen molar-refractivity contribution >= 4 is 16.9 Å². The van der Waals surface area contributed by atoms with Crippen molar-refractivity contribution in [2.75, 3.05) is 6.54 Å². The van der Waals surface area contributed by atoms with Crippen LogP contribution in [0.5, 0.6) is 0 Å². The van der Waals surface area contributed by atoms with E-state index in [2.05, 4.69) is 11.4 Å². The van der Waals surface area contributed by atoms with Gasteiger partial charge in [0.1, 0.15) is 11.4 Å². The van der Waals surface area contributed by atoms with E-state index in [4.69, 9.17) is 4.42 Å². The predicted molar refractivity (Wildman–Crippen MR) is 97.6 cm³/mol. The highest BCUT2D eigenvalue weighted by Gasteiger charge is 2.19. The molecule has 3 nitrogen and oxygen atoms in total. The van der Waals surface area contributed by atoms with Crippen molar-refractivity contribution in [3.05, 3.63) is 70.2 Å². The maximum absolute atomic E-state index is 13.0. The molecule has 0 saturated carbocycles. The number of hydrogen-bond acceptors (Lipinski definition) is 2. The lowest BCUT2D eigenvalue weighted by atomic mass is 10.0. The van der Waals surface area contributed by atoms with Crippen LogP contribution in [-0.2, 0) is 0 Å².